The van der Waals surface area contributed by atoms with Crippen molar-refractivity contribution in [1.82, 2.24) is 5.32 Å². The van der Waals surface area contributed by atoms with E-state index in [-0.39, 0.29) is 29.0 Å². The zero-order valence-corrected chi connectivity index (χ0v) is 14.1. The van der Waals surface area contributed by atoms with Gasteiger partial charge in [-0.1, -0.05) is 32.4 Å². The van der Waals surface area contributed by atoms with Gasteiger partial charge in [0.15, 0.2) is 0 Å². The molecule has 1 unspecified atom stereocenters. The Morgan fingerprint density at radius 1 is 1.22 bits per heavy atom. The van der Waals surface area contributed by atoms with Gasteiger partial charge in [-0.25, -0.2) is 0 Å². The van der Waals surface area contributed by atoms with Crippen LogP contribution in [0.15, 0.2) is 18.2 Å². The molecule has 0 aliphatic carbocycles. The Hall–Kier alpha value is -2.08. The van der Waals surface area contributed by atoms with Crippen LogP contribution in [0.3, 0.4) is 0 Å². The van der Waals surface area contributed by atoms with Crippen molar-refractivity contribution in [3.63, 3.8) is 0 Å². The topological polar surface area (TPSA) is 95.5 Å². The minimum absolute atomic E-state index is 0.00552. The van der Waals surface area contributed by atoms with Crippen LogP contribution >= 0.6 is 11.6 Å². The molecule has 0 radical (unpaired) electrons. The van der Waals surface area contributed by atoms with Crippen molar-refractivity contribution in [3.05, 3.63) is 28.8 Å². The van der Waals surface area contributed by atoms with E-state index in [1.807, 2.05) is 13.8 Å². The van der Waals surface area contributed by atoms with Gasteiger partial charge in [-0.15, -0.1) is 0 Å². The molecule has 0 bridgehead atoms. The predicted molar refractivity (Wildman–Crippen MR) is 88.7 cm³/mol. The van der Waals surface area contributed by atoms with Gasteiger partial charge >= 0.3 is 5.97 Å². The molecule has 1 rings (SSSR count). The van der Waals surface area contributed by atoms with Crippen LogP contribution < -0.4 is 10.6 Å². The van der Waals surface area contributed by atoms with E-state index in [1.165, 1.54) is 19.1 Å². The monoisotopic (exact) mass is 340 g/mol. The Bertz CT molecular complexity index is 602. The van der Waals surface area contributed by atoms with E-state index < -0.39 is 17.8 Å². The summed E-state index contributed by atoms with van der Waals surface area (Å²) in [7, 11) is 0. The van der Waals surface area contributed by atoms with Gasteiger partial charge in [-0.2, -0.15) is 0 Å². The number of carbonyl (C=O) groups is 3. The fraction of sp³-hybridized carbons (Fsp3) is 0.438. The highest BCUT2D eigenvalue weighted by molar-refractivity contribution is 6.34. The lowest BCUT2D eigenvalue weighted by Crippen LogP contribution is -2.31. The van der Waals surface area contributed by atoms with Gasteiger partial charge in [0, 0.05) is 18.7 Å². The molecule has 1 atom stereocenters. The van der Waals surface area contributed by atoms with E-state index >= 15 is 0 Å². The lowest BCUT2D eigenvalue weighted by Gasteiger charge is -2.12. The maximum Gasteiger partial charge on any atom is 0.308 e. The Morgan fingerprint density at radius 2 is 1.87 bits per heavy atom. The third-order valence-corrected chi connectivity index (χ3v) is 3.41. The van der Waals surface area contributed by atoms with Gasteiger partial charge in [0.25, 0.3) is 5.91 Å². The highest BCUT2D eigenvalue weighted by Crippen LogP contribution is 2.21. The maximum atomic E-state index is 12.1. The number of carbonyl (C=O) groups excluding carboxylic acids is 2. The summed E-state index contributed by atoms with van der Waals surface area (Å²) in [5, 5.41) is 14.3. The summed E-state index contributed by atoms with van der Waals surface area (Å²) < 4.78 is 0. The zero-order chi connectivity index (χ0) is 17.6. The highest BCUT2D eigenvalue weighted by atomic mass is 35.5. The Kier molecular flexibility index (Phi) is 7.03. The van der Waals surface area contributed by atoms with Crippen molar-refractivity contribution in [1.29, 1.82) is 0 Å². The smallest absolute Gasteiger partial charge is 0.308 e. The molecule has 2 amide bonds. The second-order valence-electron chi connectivity index (χ2n) is 5.79. The van der Waals surface area contributed by atoms with Crippen molar-refractivity contribution in [2.45, 2.75) is 27.2 Å². The van der Waals surface area contributed by atoms with Crippen molar-refractivity contribution in [2.24, 2.45) is 11.8 Å². The van der Waals surface area contributed by atoms with Crippen LogP contribution in [0.25, 0.3) is 0 Å². The van der Waals surface area contributed by atoms with Gasteiger partial charge in [0.1, 0.15) is 0 Å². The molecule has 0 aliphatic rings. The number of rotatable bonds is 7. The number of benzene rings is 1. The van der Waals surface area contributed by atoms with Gasteiger partial charge in [-0.05, 0) is 24.1 Å². The van der Waals surface area contributed by atoms with Gasteiger partial charge in [0.2, 0.25) is 5.91 Å². The fourth-order valence-corrected chi connectivity index (χ4v) is 1.99. The largest absolute Gasteiger partial charge is 0.481 e. The van der Waals surface area contributed by atoms with Crippen LogP contribution in [0.4, 0.5) is 5.69 Å². The molecule has 0 aliphatic heterocycles. The molecular weight excluding hydrogens is 320 g/mol. The number of carboxylic acid groups (broad SMARTS) is 1. The second-order valence-corrected chi connectivity index (χ2v) is 6.20. The molecule has 1 aromatic rings. The number of hydrogen-bond donors (Lipinski definition) is 3. The lowest BCUT2D eigenvalue weighted by atomic mass is 10.1. The normalized spacial score (nSPS) is 11.9. The first kappa shape index (κ1) is 19.0. The molecule has 6 nitrogen and oxygen atoms in total. The van der Waals surface area contributed by atoms with Crippen LogP contribution in [0.2, 0.25) is 5.02 Å². The summed E-state index contributed by atoms with van der Waals surface area (Å²) >= 11 is 6.00. The first-order valence-electron chi connectivity index (χ1n) is 7.31. The van der Waals surface area contributed by atoms with E-state index in [0.717, 1.165) is 0 Å². The molecule has 1 aromatic carbocycles. The minimum Gasteiger partial charge on any atom is -0.481 e. The SMILES string of the molecule is CC(C)CC(=O)Nc1ccc(Cl)c(C(=O)NCC(C)C(=O)O)c1. The van der Waals surface area contributed by atoms with Crippen LogP contribution in [-0.4, -0.2) is 29.4 Å². The zero-order valence-electron chi connectivity index (χ0n) is 13.4. The molecular formula is C16H21ClN2O4. The average molecular weight is 341 g/mol. The molecule has 7 heteroatoms. The number of amides is 2. The number of nitrogens with one attached hydrogen (secondary N) is 2. The number of anilines is 1. The third-order valence-electron chi connectivity index (χ3n) is 3.08. The molecule has 0 saturated carbocycles. The molecule has 3 N–H and O–H groups in total. The van der Waals surface area contributed by atoms with Crippen molar-refractivity contribution >= 4 is 35.1 Å². The molecule has 0 spiro atoms. The summed E-state index contributed by atoms with van der Waals surface area (Å²) in [5.41, 5.74) is 0.656. The minimum atomic E-state index is -0.994. The van der Waals surface area contributed by atoms with Gasteiger partial charge < -0.3 is 15.7 Å². The number of carboxylic acids is 1. The number of aliphatic carboxylic acids is 1. The Labute approximate surface area is 140 Å². The van der Waals surface area contributed by atoms with E-state index in [2.05, 4.69) is 10.6 Å². The summed E-state index contributed by atoms with van der Waals surface area (Å²) in [6.45, 7) is 5.36. The quantitative estimate of drug-likeness (QED) is 0.711. The van der Waals surface area contributed by atoms with Crippen molar-refractivity contribution in [2.75, 3.05) is 11.9 Å². The Morgan fingerprint density at radius 3 is 2.43 bits per heavy atom. The average Bonchev–Trinajstić information content (AvgIpc) is 2.45. The van der Waals surface area contributed by atoms with Crippen LogP contribution in [-0.2, 0) is 9.59 Å². The van der Waals surface area contributed by atoms with E-state index in [9.17, 15) is 14.4 Å². The van der Waals surface area contributed by atoms with E-state index in [0.29, 0.717) is 12.1 Å². The molecule has 126 valence electrons. The first-order valence-corrected chi connectivity index (χ1v) is 7.69. The van der Waals surface area contributed by atoms with Gasteiger partial charge in [-0.3, -0.25) is 14.4 Å². The van der Waals surface area contributed by atoms with E-state index in [1.54, 1.807) is 6.07 Å². The number of halogens is 1. The molecule has 0 heterocycles. The highest BCUT2D eigenvalue weighted by Gasteiger charge is 2.16. The van der Waals surface area contributed by atoms with Gasteiger partial charge in [0.05, 0.1) is 16.5 Å². The van der Waals surface area contributed by atoms with Crippen LogP contribution in [0, 0.1) is 11.8 Å². The first-order chi connectivity index (χ1) is 10.7. The second kappa shape index (κ2) is 8.53. The molecule has 0 aromatic heterocycles. The molecule has 0 saturated heterocycles. The predicted octanol–water partition coefficient (Wildman–Crippen LogP) is 2.78. The van der Waals surface area contributed by atoms with Crippen LogP contribution in [0.5, 0.6) is 0 Å². The molecule has 0 fully saturated rings. The van der Waals surface area contributed by atoms with E-state index in [4.69, 9.17) is 16.7 Å². The maximum absolute atomic E-state index is 12.1. The van der Waals surface area contributed by atoms with Crippen molar-refractivity contribution in [3.8, 4) is 0 Å². The number of hydrogen-bond acceptors (Lipinski definition) is 3. The summed E-state index contributed by atoms with van der Waals surface area (Å²) in [6.07, 6.45) is 0.375. The third kappa shape index (κ3) is 6.28. The fourth-order valence-electron chi connectivity index (χ4n) is 1.79. The Balaban J connectivity index is 2.78. The summed E-state index contributed by atoms with van der Waals surface area (Å²) in [5.74, 6) is -2.10. The summed E-state index contributed by atoms with van der Waals surface area (Å²) in [4.78, 5) is 34.6. The van der Waals surface area contributed by atoms with Crippen molar-refractivity contribution < 1.29 is 19.5 Å². The summed E-state index contributed by atoms with van der Waals surface area (Å²) in [6, 6.07) is 4.60. The lowest BCUT2D eigenvalue weighted by molar-refractivity contribution is -0.140. The molecule has 23 heavy (non-hydrogen) atoms. The van der Waals surface area contributed by atoms with Crippen LogP contribution in [0.1, 0.15) is 37.6 Å². The standard InChI is InChI=1S/C16H21ClN2O4/c1-9(2)6-14(20)19-11-4-5-13(17)12(7-11)15(21)18-8-10(3)16(22)23/h4-5,7,9-10H,6,8H2,1-3H3,(H,18,21)(H,19,20)(H,22,23).